The van der Waals surface area contributed by atoms with Gasteiger partial charge in [0.25, 0.3) is 0 Å². The van der Waals surface area contributed by atoms with E-state index >= 15 is 13.2 Å². The molecule has 4 rings (SSSR count). The minimum Gasteiger partial charge on any atom is -0.378 e. The molecule has 0 aliphatic carbocycles. The van der Waals surface area contributed by atoms with E-state index in [1.165, 1.54) is 24.3 Å². The van der Waals surface area contributed by atoms with E-state index in [1.54, 1.807) is 0 Å². The highest BCUT2D eigenvalue weighted by Crippen LogP contribution is 2.39. The van der Waals surface area contributed by atoms with E-state index in [9.17, 15) is 4.39 Å². The monoisotopic (exact) mass is 478 g/mol. The summed E-state index contributed by atoms with van der Waals surface area (Å²) >= 11 is 0. The second-order valence-electron chi connectivity index (χ2n) is 9.73. The number of hydrogen-bond acceptors (Lipinski definition) is 2. The van der Waals surface area contributed by atoms with Crippen LogP contribution in [0.1, 0.15) is 88.4 Å². The largest absolute Gasteiger partial charge is 0.378 e. The zero-order chi connectivity index (χ0) is 24.2. The first-order valence-electron chi connectivity index (χ1n) is 12.6. The summed E-state index contributed by atoms with van der Waals surface area (Å²) in [6.07, 6.45) is 6.73. The summed E-state index contributed by atoms with van der Waals surface area (Å²) in [5.41, 5.74) is -0.204. The Morgan fingerprint density at radius 2 is 1.32 bits per heavy atom. The quantitative estimate of drug-likeness (QED) is 0.373. The molecule has 2 aliphatic heterocycles. The van der Waals surface area contributed by atoms with Gasteiger partial charge in [-0.1, -0.05) is 51.0 Å². The minimum absolute atomic E-state index is 0.134. The maximum atomic E-state index is 15.1. The second-order valence-corrected chi connectivity index (χ2v) is 9.73. The summed E-state index contributed by atoms with van der Waals surface area (Å²) in [5.74, 6) is -4.21. The third kappa shape index (κ3) is 5.18. The van der Waals surface area contributed by atoms with Gasteiger partial charge in [-0.2, -0.15) is 0 Å². The van der Waals surface area contributed by atoms with Gasteiger partial charge >= 0.3 is 0 Å². The number of ether oxygens (including phenoxy) is 2. The van der Waals surface area contributed by atoms with Crippen molar-refractivity contribution in [1.82, 2.24) is 0 Å². The van der Waals surface area contributed by atoms with Gasteiger partial charge in [-0.05, 0) is 50.0 Å². The predicted molar refractivity (Wildman–Crippen MR) is 125 cm³/mol. The lowest BCUT2D eigenvalue weighted by atomic mass is 9.88. The maximum absolute atomic E-state index is 15.1. The summed E-state index contributed by atoms with van der Waals surface area (Å²) < 4.78 is 71.7. The topological polar surface area (TPSA) is 18.5 Å². The summed E-state index contributed by atoms with van der Waals surface area (Å²) in [7, 11) is 0. The van der Waals surface area contributed by atoms with Crippen molar-refractivity contribution >= 4 is 0 Å². The summed E-state index contributed by atoms with van der Waals surface area (Å²) in [6.45, 7) is 5.05. The molecule has 2 saturated heterocycles. The van der Waals surface area contributed by atoms with Crippen LogP contribution in [0.4, 0.5) is 17.6 Å². The standard InChI is InChI=1S/C28H34F4O2/c1-3-5-17-7-14-24(34-15-17)23-13-12-22(27(31)28(23)32)21-11-10-20(25(29)26(21)30)18-8-9-19(6-4-2)33-16-18/h10-13,17-19,24H,3-9,14-16H2,1-2H3. The van der Waals surface area contributed by atoms with Crippen molar-refractivity contribution in [2.24, 2.45) is 5.92 Å². The van der Waals surface area contributed by atoms with Crippen molar-refractivity contribution in [1.29, 1.82) is 0 Å². The highest BCUT2D eigenvalue weighted by atomic mass is 19.2. The molecule has 6 heteroatoms. The summed E-state index contributed by atoms with van der Waals surface area (Å²) in [4.78, 5) is 0. The van der Waals surface area contributed by atoms with E-state index in [4.69, 9.17) is 9.47 Å². The number of hydrogen-bond donors (Lipinski definition) is 0. The number of benzene rings is 2. The van der Waals surface area contributed by atoms with Crippen LogP contribution < -0.4 is 0 Å². The molecule has 0 amide bonds. The van der Waals surface area contributed by atoms with Crippen LogP contribution in [-0.2, 0) is 9.47 Å². The lowest BCUT2D eigenvalue weighted by Gasteiger charge is -2.30. The van der Waals surface area contributed by atoms with Gasteiger partial charge in [0.2, 0.25) is 0 Å². The van der Waals surface area contributed by atoms with Crippen LogP contribution in [0.3, 0.4) is 0 Å². The molecule has 0 spiro atoms. The fourth-order valence-electron chi connectivity index (χ4n) is 5.40. The van der Waals surface area contributed by atoms with Gasteiger partial charge in [0, 0.05) is 22.6 Å². The molecule has 0 saturated carbocycles. The van der Waals surface area contributed by atoms with Gasteiger partial charge in [-0.3, -0.25) is 0 Å². The highest BCUT2D eigenvalue weighted by Gasteiger charge is 2.30. The molecular formula is C28H34F4O2. The third-order valence-electron chi connectivity index (χ3n) is 7.35. The van der Waals surface area contributed by atoms with E-state index in [1.807, 2.05) is 0 Å². The average Bonchev–Trinajstić information content (AvgIpc) is 2.85. The Bertz CT molecular complexity index is 897. The van der Waals surface area contributed by atoms with Gasteiger partial charge in [-0.15, -0.1) is 0 Å². The van der Waals surface area contributed by atoms with E-state index in [0.717, 1.165) is 38.5 Å². The number of rotatable bonds is 7. The normalized spacial score (nSPS) is 25.5. The van der Waals surface area contributed by atoms with Crippen LogP contribution >= 0.6 is 0 Å². The maximum Gasteiger partial charge on any atom is 0.167 e. The van der Waals surface area contributed by atoms with Gasteiger partial charge in [0.05, 0.1) is 25.4 Å². The van der Waals surface area contributed by atoms with Gasteiger partial charge in [0.15, 0.2) is 23.3 Å². The SMILES string of the molecule is CCCC1CCC(c2ccc(-c3ccc(C4CCC(CCC)OC4)c(F)c3F)c(F)c2F)OC1. The molecule has 2 fully saturated rings. The van der Waals surface area contributed by atoms with Crippen LogP contribution in [0.5, 0.6) is 0 Å². The lowest BCUT2D eigenvalue weighted by Crippen LogP contribution is -2.25. The first kappa shape index (κ1) is 25.2. The minimum atomic E-state index is -1.17. The van der Waals surface area contributed by atoms with Crippen LogP contribution in [0, 0.1) is 29.2 Å². The van der Waals surface area contributed by atoms with Crippen LogP contribution in [-0.4, -0.2) is 19.3 Å². The third-order valence-corrected chi connectivity index (χ3v) is 7.35. The second kappa shape index (κ2) is 11.2. The first-order chi connectivity index (χ1) is 16.4. The molecule has 4 atom stereocenters. The van der Waals surface area contributed by atoms with Gasteiger partial charge in [0.1, 0.15) is 0 Å². The fourth-order valence-corrected chi connectivity index (χ4v) is 5.40. The Balaban J connectivity index is 1.53. The highest BCUT2D eigenvalue weighted by molar-refractivity contribution is 5.66. The molecule has 2 aromatic carbocycles. The zero-order valence-corrected chi connectivity index (χ0v) is 20.0. The molecule has 186 valence electrons. The average molecular weight is 479 g/mol. The Labute approximate surface area is 199 Å². The molecule has 0 bridgehead atoms. The van der Waals surface area contributed by atoms with Gasteiger partial charge < -0.3 is 9.47 Å². The van der Waals surface area contributed by atoms with Crippen molar-refractivity contribution in [2.45, 2.75) is 83.3 Å². The Morgan fingerprint density at radius 1 is 0.676 bits per heavy atom. The molecule has 4 unspecified atom stereocenters. The van der Waals surface area contributed by atoms with Crippen molar-refractivity contribution < 1.29 is 27.0 Å². The van der Waals surface area contributed by atoms with Crippen molar-refractivity contribution in [3.8, 4) is 11.1 Å². The fraction of sp³-hybridized carbons (Fsp3) is 0.571. The summed E-state index contributed by atoms with van der Waals surface area (Å²) in [5, 5.41) is 0. The summed E-state index contributed by atoms with van der Waals surface area (Å²) in [6, 6.07) is 5.58. The van der Waals surface area contributed by atoms with Gasteiger partial charge in [-0.25, -0.2) is 17.6 Å². The molecule has 0 aromatic heterocycles. The predicted octanol–water partition coefficient (Wildman–Crippen LogP) is 8.24. The van der Waals surface area contributed by atoms with Crippen molar-refractivity contribution in [3.05, 3.63) is 58.7 Å². The first-order valence-corrected chi connectivity index (χ1v) is 12.6. The molecule has 34 heavy (non-hydrogen) atoms. The Hall–Kier alpha value is -1.92. The Kier molecular flexibility index (Phi) is 8.30. The van der Waals surface area contributed by atoms with E-state index in [-0.39, 0.29) is 34.3 Å². The molecule has 2 heterocycles. The van der Waals surface area contributed by atoms with Crippen LogP contribution in [0.15, 0.2) is 24.3 Å². The zero-order valence-electron chi connectivity index (χ0n) is 20.0. The molecule has 0 N–H and O–H groups in total. The lowest BCUT2D eigenvalue weighted by molar-refractivity contribution is -0.0214. The smallest absolute Gasteiger partial charge is 0.167 e. The molecule has 2 aliphatic rings. The van der Waals surface area contributed by atoms with E-state index in [0.29, 0.717) is 32.0 Å². The van der Waals surface area contributed by atoms with Crippen LogP contribution in [0.25, 0.3) is 11.1 Å². The molecular weight excluding hydrogens is 444 g/mol. The number of halogens is 4. The Morgan fingerprint density at radius 3 is 1.88 bits per heavy atom. The molecule has 2 nitrogen and oxygen atoms in total. The van der Waals surface area contributed by atoms with E-state index in [2.05, 4.69) is 13.8 Å². The van der Waals surface area contributed by atoms with Crippen molar-refractivity contribution in [2.75, 3.05) is 13.2 Å². The molecule has 0 radical (unpaired) electrons. The van der Waals surface area contributed by atoms with E-state index < -0.39 is 29.4 Å². The molecule has 2 aromatic rings. The van der Waals surface area contributed by atoms with Crippen LogP contribution in [0.2, 0.25) is 0 Å². The van der Waals surface area contributed by atoms with Crippen molar-refractivity contribution in [3.63, 3.8) is 0 Å².